The number of esters is 3. The first-order valence-corrected chi connectivity index (χ1v) is 10.8. The topological polar surface area (TPSA) is 78.9 Å². The van der Waals surface area contributed by atoms with Crippen LogP contribution in [0.15, 0.2) is 97.1 Å². The summed E-state index contributed by atoms with van der Waals surface area (Å²) in [6.45, 7) is 2.03. The van der Waals surface area contributed by atoms with E-state index in [0.717, 1.165) is 11.1 Å². The molecule has 174 valence electrons. The van der Waals surface area contributed by atoms with Gasteiger partial charge in [0, 0.05) is 0 Å². The van der Waals surface area contributed by atoms with Gasteiger partial charge < -0.3 is 14.2 Å². The fraction of sp³-hybridized carbons (Fsp3) is 0.0690. The fourth-order valence-electron chi connectivity index (χ4n) is 3.31. The maximum Gasteiger partial charge on any atom is 0.343 e. The molecule has 0 N–H and O–H groups in total. The first-order valence-electron chi connectivity index (χ1n) is 10.8. The Morgan fingerprint density at radius 1 is 0.486 bits per heavy atom. The first kappa shape index (κ1) is 23.4. The standard InChI is InChI=1S/C29H22O6/c1-19-3-5-20(6-4-19)21-7-9-23(10-8-21)28(31)34-26-17-13-24(14-18-26)29(32)35-25-15-11-22(12-16-25)27(30)33-2/h3-18H,1-2H3. The Labute approximate surface area is 202 Å². The molecule has 0 saturated carbocycles. The highest BCUT2D eigenvalue weighted by atomic mass is 16.5. The number of carbonyl (C=O) groups excluding carboxylic acids is 3. The van der Waals surface area contributed by atoms with Crippen LogP contribution in [0.2, 0.25) is 0 Å². The van der Waals surface area contributed by atoms with E-state index >= 15 is 0 Å². The van der Waals surface area contributed by atoms with Crippen LogP contribution in [0.3, 0.4) is 0 Å². The van der Waals surface area contributed by atoms with Crippen LogP contribution in [-0.2, 0) is 4.74 Å². The van der Waals surface area contributed by atoms with Crippen LogP contribution < -0.4 is 9.47 Å². The zero-order valence-corrected chi connectivity index (χ0v) is 19.2. The molecule has 4 rings (SSSR count). The summed E-state index contributed by atoms with van der Waals surface area (Å²) in [7, 11) is 1.29. The molecule has 6 heteroatoms. The highest BCUT2D eigenvalue weighted by Crippen LogP contribution is 2.22. The summed E-state index contributed by atoms with van der Waals surface area (Å²) < 4.78 is 15.4. The lowest BCUT2D eigenvalue weighted by molar-refractivity contribution is 0.0600. The minimum atomic E-state index is -0.583. The van der Waals surface area contributed by atoms with Crippen molar-refractivity contribution in [2.24, 2.45) is 0 Å². The van der Waals surface area contributed by atoms with E-state index in [1.165, 1.54) is 61.2 Å². The fourth-order valence-corrected chi connectivity index (χ4v) is 3.31. The normalized spacial score (nSPS) is 10.3. The molecule has 0 fully saturated rings. The quantitative estimate of drug-likeness (QED) is 0.261. The number of carbonyl (C=O) groups is 3. The van der Waals surface area contributed by atoms with Crippen LogP contribution >= 0.6 is 0 Å². The zero-order valence-electron chi connectivity index (χ0n) is 19.2. The SMILES string of the molecule is COC(=O)c1ccc(OC(=O)c2ccc(OC(=O)c3ccc(-c4ccc(C)cc4)cc3)cc2)cc1. The van der Waals surface area contributed by atoms with Crippen LogP contribution in [0.4, 0.5) is 0 Å². The van der Waals surface area contributed by atoms with Gasteiger partial charge in [-0.3, -0.25) is 0 Å². The van der Waals surface area contributed by atoms with E-state index in [2.05, 4.69) is 4.74 Å². The van der Waals surface area contributed by atoms with E-state index in [-0.39, 0.29) is 11.3 Å². The second-order valence-electron chi connectivity index (χ2n) is 7.76. The molecule has 0 aliphatic heterocycles. The van der Waals surface area contributed by atoms with Crippen LogP contribution in [0.1, 0.15) is 36.6 Å². The third-order valence-electron chi connectivity index (χ3n) is 5.29. The largest absolute Gasteiger partial charge is 0.465 e. The van der Waals surface area contributed by atoms with Crippen LogP contribution in [-0.4, -0.2) is 25.0 Å². The van der Waals surface area contributed by atoms with E-state index < -0.39 is 17.9 Å². The molecule has 0 aromatic heterocycles. The van der Waals surface area contributed by atoms with Gasteiger partial charge in [0.1, 0.15) is 11.5 Å². The minimum Gasteiger partial charge on any atom is -0.465 e. The molecule has 0 amide bonds. The lowest BCUT2D eigenvalue weighted by atomic mass is 10.0. The van der Waals surface area contributed by atoms with Crippen LogP contribution in [0, 0.1) is 6.92 Å². The van der Waals surface area contributed by atoms with Crippen molar-refractivity contribution < 1.29 is 28.6 Å². The summed E-state index contributed by atoms with van der Waals surface area (Å²) in [4.78, 5) is 36.4. The molecular formula is C29H22O6. The highest BCUT2D eigenvalue weighted by molar-refractivity contribution is 5.93. The van der Waals surface area contributed by atoms with Gasteiger partial charge in [-0.2, -0.15) is 0 Å². The van der Waals surface area contributed by atoms with Gasteiger partial charge in [-0.15, -0.1) is 0 Å². The summed E-state index contributed by atoms with van der Waals surface area (Å²) in [5.74, 6) is -0.971. The molecule has 4 aromatic carbocycles. The van der Waals surface area contributed by atoms with Crippen molar-refractivity contribution in [3.63, 3.8) is 0 Å². The molecule has 0 aliphatic carbocycles. The van der Waals surface area contributed by atoms with Gasteiger partial charge in [0.25, 0.3) is 0 Å². The minimum absolute atomic E-state index is 0.282. The summed E-state index contributed by atoms with van der Waals surface area (Å²) in [5, 5.41) is 0. The molecule has 4 aromatic rings. The summed E-state index contributed by atoms with van der Waals surface area (Å²) in [6, 6.07) is 27.4. The lowest BCUT2D eigenvalue weighted by Crippen LogP contribution is -2.10. The van der Waals surface area contributed by atoms with Crippen LogP contribution in [0.5, 0.6) is 11.5 Å². The summed E-state index contributed by atoms with van der Waals surface area (Å²) >= 11 is 0. The zero-order chi connectivity index (χ0) is 24.8. The lowest BCUT2D eigenvalue weighted by Gasteiger charge is -2.08. The van der Waals surface area contributed by atoms with Gasteiger partial charge in [0.2, 0.25) is 0 Å². The number of benzene rings is 4. The number of hydrogen-bond donors (Lipinski definition) is 0. The monoisotopic (exact) mass is 466 g/mol. The smallest absolute Gasteiger partial charge is 0.343 e. The predicted molar refractivity (Wildman–Crippen MR) is 131 cm³/mol. The second-order valence-corrected chi connectivity index (χ2v) is 7.76. The molecule has 0 aliphatic rings. The Morgan fingerprint density at radius 2 is 0.829 bits per heavy atom. The summed E-state index contributed by atoms with van der Waals surface area (Å²) in [5.41, 5.74) is 4.30. The molecule has 0 heterocycles. The second kappa shape index (κ2) is 10.5. The third kappa shape index (κ3) is 5.81. The molecule has 0 bridgehead atoms. The van der Waals surface area contributed by atoms with E-state index in [0.29, 0.717) is 16.9 Å². The molecule has 0 radical (unpaired) electrons. The molecule has 6 nitrogen and oxygen atoms in total. The molecule has 0 unspecified atom stereocenters. The molecule has 35 heavy (non-hydrogen) atoms. The van der Waals surface area contributed by atoms with Crippen molar-refractivity contribution in [1.82, 2.24) is 0 Å². The van der Waals surface area contributed by atoms with Crippen molar-refractivity contribution in [2.45, 2.75) is 6.92 Å². The Balaban J connectivity index is 1.36. The predicted octanol–water partition coefficient (Wildman–Crippen LogP) is 5.89. The maximum atomic E-state index is 12.5. The molecular weight excluding hydrogens is 444 g/mol. The number of rotatable bonds is 6. The Morgan fingerprint density at radius 3 is 1.23 bits per heavy atom. The number of hydrogen-bond acceptors (Lipinski definition) is 6. The maximum absolute atomic E-state index is 12.5. The molecule has 0 saturated heterocycles. The Kier molecular flexibility index (Phi) is 7.02. The summed E-state index contributed by atoms with van der Waals surface area (Å²) in [6.07, 6.45) is 0. The van der Waals surface area contributed by atoms with Gasteiger partial charge in [-0.05, 0) is 78.7 Å². The molecule has 0 spiro atoms. The van der Waals surface area contributed by atoms with Gasteiger partial charge in [0.05, 0.1) is 23.8 Å². The van der Waals surface area contributed by atoms with E-state index in [9.17, 15) is 14.4 Å². The van der Waals surface area contributed by atoms with Gasteiger partial charge >= 0.3 is 17.9 Å². The third-order valence-corrected chi connectivity index (χ3v) is 5.29. The van der Waals surface area contributed by atoms with Gasteiger partial charge in [0.15, 0.2) is 0 Å². The first-order chi connectivity index (χ1) is 16.9. The van der Waals surface area contributed by atoms with Crippen molar-refractivity contribution in [3.8, 4) is 22.6 Å². The van der Waals surface area contributed by atoms with E-state index in [1.54, 1.807) is 12.1 Å². The Hall–Kier alpha value is -4.71. The number of ether oxygens (including phenoxy) is 3. The van der Waals surface area contributed by atoms with Gasteiger partial charge in [-0.25, -0.2) is 14.4 Å². The number of aryl methyl sites for hydroxylation is 1. The van der Waals surface area contributed by atoms with Crippen molar-refractivity contribution in [1.29, 1.82) is 0 Å². The Bertz CT molecular complexity index is 1340. The van der Waals surface area contributed by atoms with Crippen molar-refractivity contribution >= 4 is 17.9 Å². The number of methoxy groups -OCH3 is 1. The average molecular weight is 466 g/mol. The molecule has 0 atom stereocenters. The average Bonchev–Trinajstić information content (AvgIpc) is 2.89. The van der Waals surface area contributed by atoms with Gasteiger partial charge in [-0.1, -0.05) is 42.0 Å². The van der Waals surface area contributed by atoms with E-state index in [1.807, 2.05) is 43.3 Å². The van der Waals surface area contributed by atoms with E-state index in [4.69, 9.17) is 9.47 Å². The van der Waals surface area contributed by atoms with Crippen molar-refractivity contribution in [3.05, 3.63) is 119 Å². The van der Waals surface area contributed by atoms with Crippen molar-refractivity contribution in [2.75, 3.05) is 7.11 Å². The van der Waals surface area contributed by atoms with Crippen LogP contribution in [0.25, 0.3) is 11.1 Å². The highest BCUT2D eigenvalue weighted by Gasteiger charge is 2.13.